The fraction of sp³-hybridized carbons (Fsp3) is 0. The first-order chi connectivity index (χ1) is 8.81. The van der Waals surface area contributed by atoms with Crippen LogP contribution in [0.25, 0.3) is 10.8 Å². The summed E-state index contributed by atoms with van der Waals surface area (Å²) in [6.07, 6.45) is 3.45. The Labute approximate surface area is 118 Å². The van der Waals surface area contributed by atoms with Crippen molar-refractivity contribution in [3.8, 4) is 11.8 Å². The average Bonchev–Trinajstić information content (AvgIpc) is 2.41. The maximum absolute atomic E-state index is 5.62. The third kappa shape index (κ3) is 2.43. The van der Waals surface area contributed by atoms with Gasteiger partial charge in [-0.1, -0.05) is 30.3 Å². The van der Waals surface area contributed by atoms with Gasteiger partial charge in [0, 0.05) is 16.0 Å². The lowest BCUT2D eigenvalue weighted by atomic mass is 10.1. The molecule has 2 aromatic carbocycles. The predicted molar refractivity (Wildman–Crippen MR) is 78.8 cm³/mol. The normalized spacial score (nSPS) is 10.5. The summed E-state index contributed by atoms with van der Waals surface area (Å²) in [6.45, 7) is 0. The molecular formula is C14H9IN2O. The van der Waals surface area contributed by atoms with Crippen molar-refractivity contribution in [2.24, 2.45) is 0 Å². The Bertz CT molecular complexity index is 683. The van der Waals surface area contributed by atoms with E-state index in [1.807, 2.05) is 30.3 Å². The smallest absolute Gasteiger partial charge is 0.321 e. The van der Waals surface area contributed by atoms with Gasteiger partial charge < -0.3 is 4.74 Å². The predicted octanol–water partition coefficient (Wildman–Crippen LogP) is 4.03. The summed E-state index contributed by atoms with van der Waals surface area (Å²) in [5.41, 5.74) is 0. The van der Waals surface area contributed by atoms with E-state index in [0.29, 0.717) is 6.01 Å². The van der Waals surface area contributed by atoms with Crippen LogP contribution in [0.15, 0.2) is 54.9 Å². The van der Waals surface area contributed by atoms with Crippen LogP contribution in [0.5, 0.6) is 11.8 Å². The van der Waals surface area contributed by atoms with Crippen molar-refractivity contribution in [3.63, 3.8) is 0 Å². The lowest BCUT2D eigenvalue weighted by Gasteiger charge is -2.04. The van der Waals surface area contributed by atoms with Crippen molar-refractivity contribution in [1.29, 1.82) is 0 Å². The van der Waals surface area contributed by atoms with E-state index in [2.05, 4.69) is 44.7 Å². The van der Waals surface area contributed by atoms with Crippen molar-refractivity contribution in [2.45, 2.75) is 0 Å². The second kappa shape index (κ2) is 4.89. The highest BCUT2D eigenvalue weighted by molar-refractivity contribution is 14.1. The molecule has 3 nitrogen and oxygen atoms in total. The number of aromatic nitrogens is 2. The minimum Gasteiger partial charge on any atom is -0.424 e. The molecule has 3 rings (SSSR count). The van der Waals surface area contributed by atoms with Crippen LogP contribution >= 0.6 is 22.6 Å². The molecule has 1 heterocycles. The molecule has 0 bridgehead atoms. The second-order valence-corrected chi connectivity index (χ2v) is 5.04. The Morgan fingerprint density at radius 1 is 0.889 bits per heavy atom. The van der Waals surface area contributed by atoms with E-state index in [-0.39, 0.29) is 0 Å². The van der Waals surface area contributed by atoms with Crippen LogP contribution in [-0.2, 0) is 0 Å². The van der Waals surface area contributed by atoms with Gasteiger partial charge in [-0.15, -0.1) is 0 Å². The summed E-state index contributed by atoms with van der Waals surface area (Å²) < 4.78 is 6.60. The molecule has 0 saturated carbocycles. The Morgan fingerprint density at radius 3 is 2.39 bits per heavy atom. The van der Waals surface area contributed by atoms with Gasteiger partial charge in [-0.2, -0.15) is 0 Å². The molecule has 0 saturated heterocycles. The molecular weight excluding hydrogens is 339 g/mol. The third-order valence-corrected chi connectivity index (χ3v) is 3.08. The molecule has 4 heteroatoms. The van der Waals surface area contributed by atoms with Gasteiger partial charge in [0.05, 0.1) is 0 Å². The van der Waals surface area contributed by atoms with Crippen LogP contribution in [0.3, 0.4) is 0 Å². The van der Waals surface area contributed by atoms with E-state index in [0.717, 1.165) is 14.7 Å². The SMILES string of the molecule is Ic1cnc(Oc2ccc3ccccc3c2)nc1. The van der Waals surface area contributed by atoms with E-state index in [1.165, 1.54) is 5.39 Å². The number of hydrogen-bond donors (Lipinski definition) is 0. The number of fused-ring (bicyclic) bond motifs is 1. The highest BCUT2D eigenvalue weighted by Gasteiger charge is 2.01. The molecule has 3 aromatic rings. The highest BCUT2D eigenvalue weighted by atomic mass is 127. The van der Waals surface area contributed by atoms with E-state index in [4.69, 9.17) is 4.74 Å². The van der Waals surface area contributed by atoms with Crippen LogP contribution in [0.2, 0.25) is 0 Å². The molecule has 0 aliphatic heterocycles. The monoisotopic (exact) mass is 348 g/mol. The first-order valence-electron chi connectivity index (χ1n) is 5.45. The molecule has 0 amide bonds. The quantitative estimate of drug-likeness (QED) is 0.656. The zero-order valence-electron chi connectivity index (χ0n) is 9.38. The fourth-order valence-electron chi connectivity index (χ4n) is 1.69. The first-order valence-corrected chi connectivity index (χ1v) is 6.53. The lowest BCUT2D eigenvalue weighted by molar-refractivity contribution is 0.442. The summed E-state index contributed by atoms with van der Waals surface area (Å²) >= 11 is 2.16. The van der Waals surface area contributed by atoms with Crippen molar-refractivity contribution < 1.29 is 4.74 Å². The molecule has 0 unspecified atom stereocenters. The second-order valence-electron chi connectivity index (χ2n) is 3.79. The van der Waals surface area contributed by atoms with E-state index < -0.39 is 0 Å². The van der Waals surface area contributed by atoms with Crippen LogP contribution in [0.1, 0.15) is 0 Å². The van der Waals surface area contributed by atoms with Gasteiger partial charge in [0.2, 0.25) is 0 Å². The van der Waals surface area contributed by atoms with Crippen molar-refractivity contribution in [1.82, 2.24) is 9.97 Å². The molecule has 1 aromatic heterocycles. The molecule has 0 radical (unpaired) electrons. The maximum atomic E-state index is 5.62. The van der Waals surface area contributed by atoms with Crippen LogP contribution in [-0.4, -0.2) is 9.97 Å². The number of ether oxygens (including phenoxy) is 1. The van der Waals surface area contributed by atoms with Gasteiger partial charge in [0.25, 0.3) is 0 Å². The molecule has 0 aliphatic rings. The van der Waals surface area contributed by atoms with Gasteiger partial charge >= 0.3 is 6.01 Å². The minimum atomic E-state index is 0.366. The molecule has 0 atom stereocenters. The Morgan fingerprint density at radius 2 is 1.61 bits per heavy atom. The topological polar surface area (TPSA) is 35.0 Å². The first kappa shape index (κ1) is 11.4. The molecule has 18 heavy (non-hydrogen) atoms. The zero-order valence-corrected chi connectivity index (χ0v) is 11.5. The lowest BCUT2D eigenvalue weighted by Crippen LogP contribution is -1.91. The van der Waals surface area contributed by atoms with Crippen molar-refractivity contribution in [2.75, 3.05) is 0 Å². The fourth-order valence-corrected chi connectivity index (χ4v) is 1.97. The van der Waals surface area contributed by atoms with Crippen molar-refractivity contribution in [3.05, 3.63) is 58.4 Å². The minimum absolute atomic E-state index is 0.366. The number of rotatable bonds is 2. The summed E-state index contributed by atoms with van der Waals surface area (Å²) in [4.78, 5) is 8.23. The maximum Gasteiger partial charge on any atom is 0.321 e. The van der Waals surface area contributed by atoms with Gasteiger partial charge in [0.1, 0.15) is 5.75 Å². The Kier molecular flexibility index (Phi) is 3.10. The van der Waals surface area contributed by atoms with Crippen LogP contribution < -0.4 is 4.74 Å². The van der Waals surface area contributed by atoms with Crippen LogP contribution in [0.4, 0.5) is 0 Å². The molecule has 88 valence electrons. The Balaban J connectivity index is 1.92. The highest BCUT2D eigenvalue weighted by Crippen LogP contribution is 2.23. The number of benzene rings is 2. The number of nitrogens with zero attached hydrogens (tertiary/aromatic N) is 2. The molecule has 0 N–H and O–H groups in total. The summed E-state index contributed by atoms with van der Waals surface area (Å²) in [7, 11) is 0. The number of halogens is 1. The van der Waals surface area contributed by atoms with Gasteiger partial charge in [-0.3, -0.25) is 0 Å². The van der Waals surface area contributed by atoms with E-state index >= 15 is 0 Å². The molecule has 0 spiro atoms. The molecule has 0 aliphatic carbocycles. The van der Waals surface area contributed by atoms with Gasteiger partial charge in [0.15, 0.2) is 0 Å². The number of hydrogen-bond acceptors (Lipinski definition) is 3. The average molecular weight is 348 g/mol. The van der Waals surface area contributed by atoms with Crippen LogP contribution in [0, 0.1) is 3.57 Å². The van der Waals surface area contributed by atoms with E-state index in [9.17, 15) is 0 Å². The Hall–Kier alpha value is -1.69. The third-order valence-electron chi connectivity index (χ3n) is 2.53. The largest absolute Gasteiger partial charge is 0.424 e. The summed E-state index contributed by atoms with van der Waals surface area (Å²) in [5.74, 6) is 0.745. The summed E-state index contributed by atoms with van der Waals surface area (Å²) in [6, 6.07) is 14.4. The van der Waals surface area contributed by atoms with E-state index in [1.54, 1.807) is 12.4 Å². The van der Waals surface area contributed by atoms with Gasteiger partial charge in [-0.05, 0) is 45.5 Å². The zero-order chi connectivity index (χ0) is 12.4. The van der Waals surface area contributed by atoms with Gasteiger partial charge in [-0.25, -0.2) is 9.97 Å². The summed E-state index contributed by atoms with van der Waals surface area (Å²) in [5, 5.41) is 2.33. The molecule has 0 fully saturated rings. The van der Waals surface area contributed by atoms with Crippen molar-refractivity contribution >= 4 is 33.4 Å². The standard InChI is InChI=1S/C14H9IN2O/c15-12-8-16-14(17-9-12)18-13-6-5-10-3-1-2-4-11(10)7-13/h1-9H.